The van der Waals surface area contributed by atoms with Crippen molar-refractivity contribution in [2.75, 3.05) is 18.5 Å². The summed E-state index contributed by atoms with van der Waals surface area (Å²) >= 11 is 0. The van der Waals surface area contributed by atoms with Crippen molar-refractivity contribution < 1.29 is 23.5 Å². The maximum Gasteiger partial charge on any atom is 0.341 e. The summed E-state index contributed by atoms with van der Waals surface area (Å²) in [6, 6.07) is 11.2. The van der Waals surface area contributed by atoms with Crippen LogP contribution >= 0.6 is 0 Å². The van der Waals surface area contributed by atoms with E-state index in [0.717, 1.165) is 24.8 Å². The lowest BCUT2D eigenvalue weighted by molar-refractivity contribution is -0.122. The molecule has 30 heavy (non-hydrogen) atoms. The number of ether oxygens (including phenoxy) is 2. The van der Waals surface area contributed by atoms with Gasteiger partial charge in [0.15, 0.2) is 0 Å². The second-order valence-electron chi connectivity index (χ2n) is 7.47. The Bertz CT molecular complexity index is 889. The second-order valence-corrected chi connectivity index (χ2v) is 7.47. The molecule has 0 atom stereocenters. The number of rotatable bonds is 7. The summed E-state index contributed by atoms with van der Waals surface area (Å²) in [6.45, 7) is 4.22. The molecule has 0 aliphatic heterocycles. The van der Waals surface area contributed by atoms with Crippen LogP contribution < -0.4 is 10.1 Å². The van der Waals surface area contributed by atoms with E-state index in [9.17, 15) is 14.0 Å². The first kappa shape index (κ1) is 21.8. The molecule has 0 heterocycles. The summed E-state index contributed by atoms with van der Waals surface area (Å²) in [5.74, 6) is -0.550. The van der Waals surface area contributed by atoms with Crippen LogP contribution in [0.2, 0.25) is 0 Å². The quantitative estimate of drug-likeness (QED) is 0.631. The van der Waals surface area contributed by atoms with Gasteiger partial charge in [-0.3, -0.25) is 4.79 Å². The Labute approximate surface area is 176 Å². The smallest absolute Gasteiger partial charge is 0.341 e. The molecule has 1 aliphatic carbocycles. The van der Waals surface area contributed by atoms with Gasteiger partial charge in [-0.15, -0.1) is 0 Å². The summed E-state index contributed by atoms with van der Waals surface area (Å²) < 4.78 is 24.1. The zero-order chi connectivity index (χ0) is 21.6. The molecule has 0 aromatic heterocycles. The number of benzene rings is 2. The Kier molecular flexibility index (Phi) is 7.08. The van der Waals surface area contributed by atoms with Crippen molar-refractivity contribution >= 4 is 17.6 Å². The van der Waals surface area contributed by atoms with E-state index in [2.05, 4.69) is 5.32 Å². The average Bonchev–Trinajstić information content (AvgIpc) is 2.76. The van der Waals surface area contributed by atoms with Crippen LogP contribution in [0.15, 0.2) is 42.5 Å². The fourth-order valence-electron chi connectivity index (χ4n) is 4.08. The lowest BCUT2D eigenvalue weighted by Gasteiger charge is -2.36. The number of carbonyl (C=O) groups excluding carboxylic acids is 2. The van der Waals surface area contributed by atoms with Crippen LogP contribution in [0.4, 0.5) is 10.1 Å². The molecule has 1 fully saturated rings. The molecule has 5 nitrogen and oxygen atoms in total. The van der Waals surface area contributed by atoms with E-state index in [1.165, 1.54) is 12.1 Å². The lowest BCUT2D eigenvalue weighted by Crippen LogP contribution is -2.42. The van der Waals surface area contributed by atoms with Gasteiger partial charge in [0.1, 0.15) is 17.1 Å². The van der Waals surface area contributed by atoms with Gasteiger partial charge in [-0.1, -0.05) is 31.4 Å². The third-order valence-electron chi connectivity index (χ3n) is 5.57. The average molecular weight is 413 g/mol. The van der Waals surface area contributed by atoms with E-state index in [0.29, 0.717) is 30.9 Å². The maximum atomic E-state index is 13.5. The third-order valence-corrected chi connectivity index (χ3v) is 5.57. The highest BCUT2D eigenvalue weighted by atomic mass is 19.1. The molecular formula is C24H28FNO4. The molecule has 1 N–H and O–H groups in total. The number of carbonyl (C=O) groups is 2. The minimum atomic E-state index is -0.714. The zero-order valence-corrected chi connectivity index (χ0v) is 17.5. The standard InChI is InChI=1S/C24H28FNO4/c1-3-29-21-13-12-19(16-20(21)22(27)30-4-2)26-23(28)24(14-6-5-7-15-24)17-8-10-18(25)11-9-17/h8-13,16H,3-7,14-15H2,1-2H3,(H,26,28). The highest BCUT2D eigenvalue weighted by Crippen LogP contribution is 2.40. The van der Waals surface area contributed by atoms with Crippen LogP contribution in [-0.2, 0) is 14.9 Å². The van der Waals surface area contributed by atoms with Crippen molar-refractivity contribution in [2.45, 2.75) is 51.4 Å². The first-order chi connectivity index (χ1) is 14.5. The van der Waals surface area contributed by atoms with Crippen LogP contribution in [0.25, 0.3) is 0 Å². The monoisotopic (exact) mass is 413 g/mol. The number of hydrogen-bond donors (Lipinski definition) is 1. The predicted molar refractivity (Wildman–Crippen MR) is 113 cm³/mol. The number of hydrogen-bond acceptors (Lipinski definition) is 4. The predicted octanol–water partition coefficient (Wildman–Crippen LogP) is 5.24. The van der Waals surface area contributed by atoms with Crippen molar-refractivity contribution in [2.24, 2.45) is 0 Å². The molecule has 0 spiro atoms. The van der Waals surface area contributed by atoms with Gasteiger partial charge in [-0.25, -0.2) is 9.18 Å². The maximum absolute atomic E-state index is 13.5. The van der Waals surface area contributed by atoms with Crippen molar-refractivity contribution in [3.63, 3.8) is 0 Å². The highest BCUT2D eigenvalue weighted by Gasteiger charge is 2.41. The van der Waals surface area contributed by atoms with Crippen LogP contribution in [0.3, 0.4) is 0 Å². The number of anilines is 1. The van der Waals surface area contributed by atoms with Crippen LogP contribution in [0.1, 0.15) is 61.9 Å². The molecule has 2 aromatic rings. The van der Waals surface area contributed by atoms with Crippen LogP contribution in [-0.4, -0.2) is 25.1 Å². The molecule has 6 heteroatoms. The Hall–Kier alpha value is -2.89. The summed E-state index contributed by atoms with van der Waals surface area (Å²) in [5, 5.41) is 2.98. The molecule has 1 amide bonds. The van der Waals surface area contributed by atoms with Gasteiger partial charge in [0.05, 0.1) is 18.6 Å². The van der Waals surface area contributed by atoms with Gasteiger partial charge >= 0.3 is 5.97 Å². The van der Waals surface area contributed by atoms with Crippen LogP contribution in [0.5, 0.6) is 5.75 Å². The van der Waals surface area contributed by atoms with Gasteiger partial charge in [0.2, 0.25) is 5.91 Å². The van der Waals surface area contributed by atoms with E-state index in [1.54, 1.807) is 37.3 Å². The summed E-state index contributed by atoms with van der Waals surface area (Å²) in [7, 11) is 0. The van der Waals surface area contributed by atoms with E-state index in [4.69, 9.17) is 9.47 Å². The van der Waals surface area contributed by atoms with E-state index in [-0.39, 0.29) is 23.9 Å². The second kappa shape index (κ2) is 9.74. The fourth-order valence-corrected chi connectivity index (χ4v) is 4.08. The Balaban J connectivity index is 1.91. The number of nitrogens with one attached hydrogen (secondary N) is 1. The fraction of sp³-hybridized carbons (Fsp3) is 0.417. The number of halogens is 1. The summed E-state index contributed by atoms with van der Waals surface area (Å²) in [5.41, 5.74) is 0.876. The minimum absolute atomic E-state index is 0.146. The van der Waals surface area contributed by atoms with Gasteiger partial charge < -0.3 is 14.8 Å². The van der Waals surface area contributed by atoms with Gasteiger partial charge in [0, 0.05) is 5.69 Å². The summed E-state index contributed by atoms with van der Waals surface area (Å²) in [6.07, 6.45) is 4.34. The van der Waals surface area contributed by atoms with Crippen molar-refractivity contribution in [3.05, 3.63) is 59.4 Å². The van der Waals surface area contributed by atoms with Crippen molar-refractivity contribution in [3.8, 4) is 5.75 Å². The molecule has 1 aliphatic rings. The lowest BCUT2D eigenvalue weighted by atomic mass is 9.68. The topological polar surface area (TPSA) is 64.6 Å². The first-order valence-corrected chi connectivity index (χ1v) is 10.5. The third kappa shape index (κ3) is 4.64. The Morgan fingerprint density at radius 1 is 1.00 bits per heavy atom. The minimum Gasteiger partial charge on any atom is -0.493 e. The van der Waals surface area contributed by atoms with Crippen molar-refractivity contribution in [1.29, 1.82) is 0 Å². The highest BCUT2D eigenvalue weighted by molar-refractivity contribution is 6.01. The molecule has 2 aromatic carbocycles. The van der Waals surface area contributed by atoms with Gasteiger partial charge in [0.25, 0.3) is 0 Å². The van der Waals surface area contributed by atoms with E-state index >= 15 is 0 Å². The van der Waals surface area contributed by atoms with Crippen LogP contribution in [0, 0.1) is 5.82 Å². The Morgan fingerprint density at radius 2 is 1.70 bits per heavy atom. The molecule has 0 bridgehead atoms. The first-order valence-electron chi connectivity index (χ1n) is 10.5. The Morgan fingerprint density at radius 3 is 2.33 bits per heavy atom. The van der Waals surface area contributed by atoms with E-state index < -0.39 is 11.4 Å². The van der Waals surface area contributed by atoms with Gasteiger partial charge in [-0.05, 0) is 62.6 Å². The summed E-state index contributed by atoms with van der Waals surface area (Å²) in [4.78, 5) is 25.8. The van der Waals surface area contributed by atoms with Crippen molar-refractivity contribution in [1.82, 2.24) is 0 Å². The SMILES string of the molecule is CCOC(=O)c1cc(NC(=O)C2(c3ccc(F)cc3)CCCCC2)ccc1OCC. The van der Waals surface area contributed by atoms with E-state index in [1.807, 2.05) is 6.92 Å². The number of esters is 1. The number of amides is 1. The molecule has 3 rings (SSSR count). The molecule has 0 saturated heterocycles. The molecular weight excluding hydrogens is 385 g/mol. The molecule has 1 saturated carbocycles. The molecule has 160 valence electrons. The molecule has 0 radical (unpaired) electrons. The zero-order valence-electron chi connectivity index (χ0n) is 17.5. The van der Waals surface area contributed by atoms with Gasteiger partial charge in [-0.2, -0.15) is 0 Å². The normalized spacial score (nSPS) is 15.3. The largest absolute Gasteiger partial charge is 0.493 e. The molecule has 0 unspecified atom stereocenters.